The molecule has 2 rings (SSSR count). The van der Waals surface area contributed by atoms with E-state index >= 15 is 0 Å². The standard InChI is InChI=1S/C18H23NO3S/c1-14-8-10-16(11-9-14)13-23(20,21)19-12-18(22-3)17-7-5-4-6-15(17)2/h4-11,18-19H,12-13H2,1-3H3. The molecule has 0 bridgehead atoms. The molecule has 0 aromatic heterocycles. The van der Waals surface area contributed by atoms with Gasteiger partial charge in [0, 0.05) is 13.7 Å². The van der Waals surface area contributed by atoms with Crippen LogP contribution in [-0.2, 0) is 20.5 Å². The van der Waals surface area contributed by atoms with Gasteiger partial charge in [0.25, 0.3) is 0 Å². The van der Waals surface area contributed by atoms with Crippen LogP contribution in [0.2, 0.25) is 0 Å². The van der Waals surface area contributed by atoms with E-state index in [1.807, 2.05) is 62.4 Å². The minimum absolute atomic E-state index is 0.0303. The first kappa shape index (κ1) is 17.7. The molecular weight excluding hydrogens is 310 g/mol. The molecular formula is C18H23NO3S. The number of hydrogen-bond donors (Lipinski definition) is 1. The van der Waals surface area contributed by atoms with Gasteiger partial charge in [-0.3, -0.25) is 0 Å². The summed E-state index contributed by atoms with van der Waals surface area (Å²) in [6.45, 7) is 4.18. The van der Waals surface area contributed by atoms with E-state index in [2.05, 4.69) is 4.72 Å². The molecule has 0 aliphatic rings. The van der Waals surface area contributed by atoms with Gasteiger partial charge in [0.1, 0.15) is 0 Å². The zero-order chi connectivity index (χ0) is 16.9. The topological polar surface area (TPSA) is 55.4 Å². The van der Waals surface area contributed by atoms with Crippen molar-refractivity contribution in [3.05, 3.63) is 70.8 Å². The fraction of sp³-hybridized carbons (Fsp3) is 0.333. The lowest BCUT2D eigenvalue weighted by molar-refractivity contribution is 0.107. The van der Waals surface area contributed by atoms with Crippen LogP contribution in [-0.4, -0.2) is 22.1 Å². The first-order valence-corrected chi connectivity index (χ1v) is 9.18. The Hall–Kier alpha value is -1.69. The van der Waals surface area contributed by atoms with Gasteiger partial charge in [0.05, 0.1) is 11.9 Å². The van der Waals surface area contributed by atoms with Crippen LogP contribution in [0.25, 0.3) is 0 Å². The second kappa shape index (κ2) is 7.73. The minimum Gasteiger partial charge on any atom is -0.375 e. The SMILES string of the molecule is COC(CNS(=O)(=O)Cc1ccc(C)cc1)c1ccccc1C. The Morgan fingerprint density at radius 1 is 1.04 bits per heavy atom. The number of hydrogen-bond acceptors (Lipinski definition) is 3. The molecule has 0 radical (unpaired) electrons. The van der Waals surface area contributed by atoms with Crippen molar-refractivity contribution in [3.8, 4) is 0 Å². The number of rotatable bonds is 7. The zero-order valence-corrected chi connectivity index (χ0v) is 14.6. The van der Waals surface area contributed by atoms with E-state index in [9.17, 15) is 8.42 Å². The van der Waals surface area contributed by atoms with Crippen LogP contribution in [0.1, 0.15) is 28.4 Å². The highest BCUT2D eigenvalue weighted by atomic mass is 32.2. The van der Waals surface area contributed by atoms with Gasteiger partial charge in [-0.25, -0.2) is 13.1 Å². The molecule has 2 aromatic rings. The molecule has 2 aromatic carbocycles. The Balaban J connectivity index is 2.02. The molecule has 1 atom stereocenters. The summed E-state index contributed by atoms with van der Waals surface area (Å²) < 4.78 is 32.6. The molecule has 0 fully saturated rings. The summed E-state index contributed by atoms with van der Waals surface area (Å²) in [6.07, 6.45) is -0.302. The molecule has 124 valence electrons. The van der Waals surface area contributed by atoms with Crippen LogP contribution in [0.15, 0.2) is 48.5 Å². The van der Waals surface area contributed by atoms with Crippen LogP contribution in [0.5, 0.6) is 0 Å². The molecule has 0 aliphatic heterocycles. The maximum absolute atomic E-state index is 12.3. The van der Waals surface area contributed by atoms with Crippen molar-refractivity contribution in [1.82, 2.24) is 4.72 Å². The third kappa shape index (κ3) is 5.16. The largest absolute Gasteiger partial charge is 0.375 e. The number of benzene rings is 2. The van der Waals surface area contributed by atoms with Gasteiger partial charge >= 0.3 is 0 Å². The highest BCUT2D eigenvalue weighted by Gasteiger charge is 2.17. The summed E-state index contributed by atoms with van der Waals surface area (Å²) in [4.78, 5) is 0. The van der Waals surface area contributed by atoms with Gasteiger partial charge in [-0.1, -0.05) is 54.1 Å². The maximum Gasteiger partial charge on any atom is 0.215 e. The van der Waals surface area contributed by atoms with E-state index in [0.717, 1.165) is 22.3 Å². The molecule has 23 heavy (non-hydrogen) atoms. The van der Waals surface area contributed by atoms with E-state index in [-0.39, 0.29) is 18.4 Å². The van der Waals surface area contributed by atoms with E-state index in [0.29, 0.717) is 0 Å². The third-order valence-corrected chi connectivity index (χ3v) is 5.11. The van der Waals surface area contributed by atoms with Crippen molar-refractivity contribution in [2.45, 2.75) is 25.7 Å². The molecule has 0 amide bonds. The van der Waals surface area contributed by atoms with Crippen molar-refractivity contribution in [2.24, 2.45) is 0 Å². The Morgan fingerprint density at radius 2 is 1.70 bits per heavy atom. The quantitative estimate of drug-likeness (QED) is 0.847. The Kier molecular flexibility index (Phi) is 5.93. The van der Waals surface area contributed by atoms with Gasteiger partial charge in [-0.05, 0) is 30.5 Å². The number of methoxy groups -OCH3 is 1. The highest BCUT2D eigenvalue weighted by Crippen LogP contribution is 2.20. The molecule has 4 nitrogen and oxygen atoms in total. The van der Waals surface area contributed by atoms with E-state index in [4.69, 9.17) is 4.74 Å². The van der Waals surface area contributed by atoms with E-state index in [1.165, 1.54) is 0 Å². The summed E-state index contributed by atoms with van der Waals surface area (Å²) in [7, 11) is -1.81. The summed E-state index contributed by atoms with van der Waals surface area (Å²) in [5.74, 6) is -0.0303. The van der Waals surface area contributed by atoms with Crippen LogP contribution < -0.4 is 4.72 Å². The predicted molar refractivity (Wildman–Crippen MR) is 92.7 cm³/mol. The molecule has 1 N–H and O–H groups in total. The lowest BCUT2D eigenvalue weighted by Crippen LogP contribution is -2.30. The normalized spacial score (nSPS) is 13.0. The van der Waals surface area contributed by atoms with Crippen molar-refractivity contribution in [1.29, 1.82) is 0 Å². The monoisotopic (exact) mass is 333 g/mol. The number of nitrogens with one attached hydrogen (secondary N) is 1. The third-order valence-electron chi connectivity index (χ3n) is 3.79. The number of aryl methyl sites for hydroxylation is 2. The minimum atomic E-state index is -3.40. The van der Waals surface area contributed by atoms with Crippen LogP contribution in [0.4, 0.5) is 0 Å². The van der Waals surface area contributed by atoms with E-state index < -0.39 is 10.0 Å². The molecule has 0 spiro atoms. The summed E-state index contributed by atoms with van der Waals surface area (Å²) in [5.41, 5.74) is 3.95. The average molecular weight is 333 g/mol. The molecule has 5 heteroatoms. The van der Waals surface area contributed by atoms with Gasteiger partial charge in [-0.15, -0.1) is 0 Å². The van der Waals surface area contributed by atoms with Crippen molar-refractivity contribution in [3.63, 3.8) is 0 Å². The Bertz CT molecular complexity index is 739. The van der Waals surface area contributed by atoms with Crippen molar-refractivity contribution in [2.75, 3.05) is 13.7 Å². The Labute approximate surface area is 138 Å². The molecule has 0 heterocycles. The molecule has 0 saturated heterocycles. The van der Waals surface area contributed by atoms with Gasteiger partial charge in [0.2, 0.25) is 10.0 Å². The average Bonchev–Trinajstić information content (AvgIpc) is 2.51. The summed E-state index contributed by atoms with van der Waals surface area (Å²) in [5, 5.41) is 0. The van der Waals surface area contributed by atoms with Gasteiger partial charge in [0.15, 0.2) is 0 Å². The summed E-state index contributed by atoms with van der Waals surface area (Å²) >= 11 is 0. The number of sulfonamides is 1. The molecule has 0 aliphatic carbocycles. The van der Waals surface area contributed by atoms with Crippen molar-refractivity contribution >= 4 is 10.0 Å². The second-order valence-corrected chi connectivity index (χ2v) is 7.48. The van der Waals surface area contributed by atoms with Crippen molar-refractivity contribution < 1.29 is 13.2 Å². The fourth-order valence-electron chi connectivity index (χ4n) is 2.43. The van der Waals surface area contributed by atoms with E-state index in [1.54, 1.807) is 7.11 Å². The van der Waals surface area contributed by atoms with Crippen LogP contribution in [0.3, 0.4) is 0 Å². The maximum atomic E-state index is 12.3. The fourth-order valence-corrected chi connectivity index (χ4v) is 3.56. The Morgan fingerprint density at radius 3 is 2.30 bits per heavy atom. The van der Waals surface area contributed by atoms with Crippen LogP contribution in [0, 0.1) is 13.8 Å². The first-order valence-electron chi connectivity index (χ1n) is 7.52. The lowest BCUT2D eigenvalue weighted by Gasteiger charge is -2.18. The van der Waals surface area contributed by atoms with Gasteiger partial charge < -0.3 is 4.74 Å². The highest BCUT2D eigenvalue weighted by molar-refractivity contribution is 7.88. The summed E-state index contributed by atoms with van der Waals surface area (Å²) in [6, 6.07) is 15.3. The molecule has 0 saturated carbocycles. The second-order valence-electron chi connectivity index (χ2n) is 5.67. The first-order chi connectivity index (χ1) is 10.9. The number of ether oxygens (including phenoxy) is 1. The predicted octanol–water partition coefficient (Wildman–Crippen LogP) is 3.11. The lowest BCUT2D eigenvalue weighted by atomic mass is 10.0. The van der Waals surface area contributed by atoms with Crippen LogP contribution >= 0.6 is 0 Å². The van der Waals surface area contributed by atoms with Gasteiger partial charge in [-0.2, -0.15) is 0 Å². The zero-order valence-electron chi connectivity index (χ0n) is 13.7. The smallest absolute Gasteiger partial charge is 0.215 e. The molecule has 1 unspecified atom stereocenters.